The summed E-state index contributed by atoms with van der Waals surface area (Å²) in [7, 11) is 0. The Bertz CT molecular complexity index is 600. The molecule has 0 bridgehead atoms. The Balaban J connectivity index is 0.000000637. The molecule has 0 saturated heterocycles. The van der Waals surface area contributed by atoms with Crippen molar-refractivity contribution in [2.75, 3.05) is 5.32 Å². The van der Waals surface area contributed by atoms with Crippen LogP contribution in [0.15, 0.2) is 54.6 Å². The predicted molar refractivity (Wildman–Crippen MR) is 80.7 cm³/mol. The Morgan fingerprint density at radius 3 is 2.26 bits per heavy atom. The number of carbonyl (C=O) groups excluding carboxylic acids is 1. The second-order valence-electron chi connectivity index (χ2n) is 3.97. The summed E-state index contributed by atoms with van der Waals surface area (Å²) in [6.45, 7) is 4.00. The van der Waals surface area contributed by atoms with E-state index in [-0.39, 0.29) is 5.91 Å². The molecule has 1 aliphatic heterocycles. The summed E-state index contributed by atoms with van der Waals surface area (Å²) >= 11 is 0. The van der Waals surface area contributed by atoms with Crippen molar-refractivity contribution in [2.24, 2.45) is 0 Å². The number of anilines is 1. The minimum Gasteiger partial charge on any atom is -0.321 e. The van der Waals surface area contributed by atoms with Gasteiger partial charge in [-0.3, -0.25) is 4.79 Å². The molecule has 1 amide bonds. The molecule has 2 aromatic rings. The van der Waals surface area contributed by atoms with Crippen LogP contribution in [0.1, 0.15) is 25.0 Å². The van der Waals surface area contributed by atoms with Gasteiger partial charge in [-0.05, 0) is 17.7 Å². The summed E-state index contributed by atoms with van der Waals surface area (Å²) in [4.78, 5) is 11.9. The van der Waals surface area contributed by atoms with Gasteiger partial charge in [0.25, 0.3) is 5.91 Å². The third kappa shape index (κ3) is 2.74. The first-order chi connectivity index (χ1) is 9.34. The van der Waals surface area contributed by atoms with Gasteiger partial charge in [0.1, 0.15) is 0 Å². The molecule has 0 fully saturated rings. The maximum absolute atomic E-state index is 11.9. The van der Waals surface area contributed by atoms with Crippen LogP contribution in [0, 0.1) is 0 Å². The number of fused-ring (bicyclic) bond motifs is 1. The van der Waals surface area contributed by atoms with Crippen LogP contribution in [0.2, 0.25) is 0 Å². The number of rotatable bonds is 1. The highest BCUT2D eigenvalue weighted by Crippen LogP contribution is 2.32. The molecule has 2 aromatic carbocycles. The maximum Gasteiger partial charge on any atom is 0.256 e. The molecular formula is C17H17NO. The van der Waals surface area contributed by atoms with Gasteiger partial charge < -0.3 is 5.32 Å². The highest BCUT2D eigenvalue weighted by Gasteiger charge is 2.22. The molecule has 1 aliphatic rings. The number of hydrogen-bond donors (Lipinski definition) is 1. The Morgan fingerprint density at radius 2 is 1.53 bits per heavy atom. The molecule has 2 heteroatoms. The summed E-state index contributed by atoms with van der Waals surface area (Å²) in [5.41, 5.74) is 3.63. The highest BCUT2D eigenvalue weighted by molar-refractivity contribution is 6.34. The van der Waals surface area contributed by atoms with Crippen LogP contribution < -0.4 is 5.32 Å². The van der Waals surface area contributed by atoms with Crippen molar-refractivity contribution in [3.8, 4) is 0 Å². The van der Waals surface area contributed by atoms with Gasteiger partial charge in [-0.1, -0.05) is 62.4 Å². The van der Waals surface area contributed by atoms with E-state index >= 15 is 0 Å². The first-order valence-electron chi connectivity index (χ1n) is 6.52. The molecule has 19 heavy (non-hydrogen) atoms. The number of hydrogen-bond acceptors (Lipinski definition) is 1. The van der Waals surface area contributed by atoms with Gasteiger partial charge in [0.15, 0.2) is 0 Å². The summed E-state index contributed by atoms with van der Waals surface area (Å²) in [5, 5.41) is 2.86. The van der Waals surface area contributed by atoms with E-state index in [2.05, 4.69) is 5.32 Å². The number of para-hydroxylation sites is 1. The second kappa shape index (κ2) is 6.01. The summed E-state index contributed by atoms with van der Waals surface area (Å²) in [5.74, 6) is -0.0324. The van der Waals surface area contributed by atoms with Crippen molar-refractivity contribution < 1.29 is 4.79 Å². The molecule has 0 saturated carbocycles. The molecule has 3 rings (SSSR count). The third-order valence-corrected chi connectivity index (χ3v) is 2.82. The van der Waals surface area contributed by atoms with Gasteiger partial charge in [-0.2, -0.15) is 0 Å². The zero-order valence-corrected chi connectivity index (χ0v) is 11.2. The Labute approximate surface area is 113 Å². The lowest BCUT2D eigenvalue weighted by Crippen LogP contribution is -2.03. The molecule has 1 N–H and O–H groups in total. The summed E-state index contributed by atoms with van der Waals surface area (Å²) < 4.78 is 0. The van der Waals surface area contributed by atoms with E-state index in [1.54, 1.807) is 0 Å². The van der Waals surface area contributed by atoms with Crippen molar-refractivity contribution >= 4 is 23.2 Å². The molecule has 0 atom stereocenters. The molecule has 96 valence electrons. The molecule has 1 heterocycles. The zero-order chi connectivity index (χ0) is 13.7. The molecular weight excluding hydrogens is 234 g/mol. The smallest absolute Gasteiger partial charge is 0.256 e. The van der Waals surface area contributed by atoms with E-state index in [9.17, 15) is 4.79 Å². The average Bonchev–Trinajstić information content (AvgIpc) is 2.79. The second-order valence-corrected chi connectivity index (χ2v) is 3.97. The Kier molecular flexibility index (Phi) is 4.14. The van der Waals surface area contributed by atoms with Gasteiger partial charge in [-0.15, -0.1) is 0 Å². The average molecular weight is 251 g/mol. The van der Waals surface area contributed by atoms with Gasteiger partial charge in [0.05, 0.1) is 0 Å². The third-order valence-electron chi connectivity index (χ3n) is 2.82. The Hall–Kier alpha value is -2.35. The van der Waals surface area contributed by atoms with E-state index in [0.717, 1.165) is 22.4 Å². The van der Waals surface area contributed by atoms with Crippen LogP contribution in [-0.4, -0.2) is 5.91 Å². The molecule has 0 radical (unpaired) electrons. The number of carbonyl (C=O) groups is 1. The van der Waals surface area contributed by atoms with Crippen molar-refractivity contribution in [1.82, 2.24) is 0 Å². The maximum atomic E-state index is 11.9. The van der Waals surface area contributed by atoms with E-state index in [1.807, 2.05) is 74.5 Å². The number of amides is 1. The highest BCUT2D eigenvalue weighted by atomic mass is 16.1. The lowest BCUT2D eigenvalue weighted by molar-refractivity contribution is -0.110. The van der Waals surface area contributed by atoms with Crippen LogP contribution >= 0.6 is 0 Å². The van der Waals surface area contributed by atoms with Crippen LogP contribution in [0.3, 0.4) is 0 Å². The Morgan fingerprint density at radius 1 is 0.895 bits per heavy atom. The predicted octanol–water partition coefficient (Wildman–Crippen LogP) is 4.21. The first-order valence-corrected chi connectivity index (χ1v) is 6.52. The summed E-state index contributed by atoms with van der Waals surface area (Å²) in [6, 6.07) is 17.6. The van der Waals surface area contributed by atoms with Crippen molar-refractivity contribution in [3.63, 3.8) is 0 Å². The van der Waals surface area contributed by atoms with Crippen LogP contribution in [0.25, 0.3) is 11.6 Å². The normalized spacial score (nSPS) is 14.4. The SMILES string of the molecule is CC.O=C1Nc2ccccc2C1=Cc1ccccc1. The van der Waals surface area contributed by atoms with E-state index in [4.69, 9.17) is 0 Å². The topological polar surface area (TPSA) is 29.1 Å². The largest absolute Gasteiger partial charge is 0.321 e. The molecule has 0 spiro atoms. The minimum absolute atomic E-state index is 0.0324. The van der Waals surface area contributed by atoms with Gasteiger partial charge in [0, 0.05) is 16.8 Å². The van der Waals surface area contributed by atoms with Crippen molar-refractivity contribution in [2.45, 2.75) is 13.8 Å². The minimum atomic E-state index is -0.0324. The first kappa shape index (κ1) is 13.1. The van der Waals surface area contributed by atoms with Crippen LogP contribution in [0.5, 0.6) is 0 Å². The van der Waals surface area contributed by atoms with Gasteiger partial charge in [0.2, 0.25) is 0 Å². The monoisotopic (exact) mass is 251 g/mol. The molecule has 0 aromatic heterocycles. The van der Waals surface area contributed by atoms with Crippen molar-refractivity contribution in [1.29, 1.82) is 0 Å². The quantitative estimate of drug-likeness (QED) is 0.756. The zero-order valence-electron chi connectivity index (χ0n) is 11.2. The molecule has 0 aliphatic carbocycles. The summed E-state index contributed by atoms with van der Waals surface area (Å²) in [6.07, 6.45) is 1.92. The van der Waals surface area contributed by atoms with Crippen molar-refractivity contribution in [3.05, 3.63) is 65.7 Å². The fourth-order valence-electron chi connectivity index (χ4n) is 2.00. The number of nitrogens with one attached hydrogen (secondary N) is 1. The van der Waals surface area contributed by atoms with Crippen LogP contribution in [0.4, 0.5) is 5.69 Å². The van der Waals surface area contributed by atoms with E-state index in [0.29, 0.717) is 0 Å². The molecule has 0 unspecified atom stereocenters. The van der Waals surface area contributed by atoms with Gasteiger partial charge in [-0.25, -0.2) is 0 Å². The lowest BCUT2D eigenvalue weighted by Gasteiger charge is -1.97. The fourth-order valence-corrected chi connectivity index (χ4v) is 2.00. The van der Waals surface area contributed by atoms with E-state index in [1.165, 1.54) is 0 Å². The van der Waals surface area contributed by atoms with E-state index < -0.39 is 0 Å². The standard InChI is InChI=1S/C15H11NO.C2H6/c17-15-13(10-11-6-2-1-3-7-11)12-8-4-5-9-14(12)16-15;1-2/h1-10H,(H,16,17);1-2H3. The van der Waals surface area contributed by atoms with Gasteiger partial charge >= 0.3 is 0 Å². The lowest BCUT2D eigenvalue weighted by atomic mass is 10.0. The fraction of sp³-hybridized carbons (Fsp3) is 0.118. The van der Waals surface area contributed by atoms with Crippen LogP contribution in [-0.2, 0) is 4.79 Å². The number of benzene rings is 2. The molecule has 2 nitrogen and oxygen atoms in total.